The summed E-state index contributed by atoms with van der Waals surface area (Å²) in [6, 6.07) is 7.14. The van der Waals surface area contributed by atoms with Crippen LogP contribution in [0.1, 0.15) is 5.56 Å². The lowest BCUT2D eigenvalue weighted by Gasteiger charge is -1.99. The molecule has 20 heavy (non-hydrogen) atoms. The van der Waals surface area contributed by atoms with Crippen LogP contribution in [0.5, 0.6) is 11.5 Å². The van der Waals surface area contributed by atoms with Crippen LogP contribution in [0.2, 0.25) is 0 Å². The van der Waals surface area contributed by atoms with Gasteiger partial charge in [-0.05, 0) is 29.8 Å². The summed E-state index contributed by atoms with van der Waals surface area (Å²) in [6.07, 6.45) is 6.21. The summed E-state index contributed by atoms with van der Waals surface area (Å²) in [5, 5.41) is 2.56. The van der Waals surface area contributed by atoms with Crippen LogP contribution >= 0.6 is 0 Å². The molecule has 3 rings (SSSR count). The van der Waals surface area contributed by atoms with Crippen LogP contribution in [0.3, 0.4) is 0 Å². The Morgan fingerprint density at radius 3 is 2.85 bits per heavy atom. The predicted octanol–water partition coefficient (Wildman–Crippen LogP) is 1.86. The van der Waals surface area contributed by atoms with E-state index in [1.807, 2.05) is 12.1 Å². The average Bonchev–Trinajstić information content (AvgIpc) is 2.93. The van der Waals surface area contributed by atoms with E-state index in [1.165, 1.54) is 6.08 Å². The average molecular weight is 269 g/mol. The molecule has 1 aliphatic heterocycles. The minimum Gasteiger partial charge on any atom is -0.454 e. The summed E-state index contributed by atoms with van der Waals surface area (Å²) in [5.41, 5.74) is 0.846. The number of carbonyl (C=O) groups excluding carboxylic acids is 1. The van der Waals surface area contributed by atoms with Gasteiger partial charge in [-0.15, -0.1) is 0 Å². The maximum absolute atomic E-state index is 11.7. The van der Waals surface area contributed by atoms with Crippen molar-refractivity contribution >= 4 is 17.9 Å². The summed E-state index contributed by atoms with van der Waals surface area (Å²) in [5.74, 6) is 1.37. The second kappa shape index (κ2) is 5.40. The first kappa shape index (κ1) is 12.2. The lowest BCUT2D eigenvalue weighted by atomic mass is 10.2. The standard InChI is InChI=1S/C14H11N3O3/c18-13(17-14-15-6-1-7-16-14)5-3-10-2-4-11-12(8-10)20-9-19-11/h1-8H,9H2,(H,15,16,17,18). The Bertz CT molecular complexity index is 656. The molecule has 2 heterocycles. The molecule has 0 saturated carbocycles. The molecule has 0 saturated heterocycles. The highest BCUT2D eigenvalue weighted by Gasteiger charge is 2.12. The van der Waals surface area contributed by atoms with Crippen LogP contribution in [0.15, 0.2) is 42.7 Å². The molecule has 100 valence electrons. The van der Waals surface area contributed by atoms with Crippen molar-refractivity contribution in [2.75, 3.05) is 12.1 Å². The minimum atomic E-state index is -0.297. The van der Waals surface area contributed by atoms with Crippen molar-refractivity contribution < 1.29 is 14.3 Å². The van der Waals surface area contributed by atoms with E-state index in [-0.39, 0.29) is 18.6 Å². The molecule has 0 aliphatic carbocycles. The Kier molecular flexibility index (Phi) is 3.28. The zero-order chi connectivity index (χ0) is 13.8. The van der Waals surface area contributed by atoms with Gasteiger partial charge in [0.1, 0.15) is 0 Å². The Labute approximate surface area is 115 Å². The van der Waals surface area contributed by atoms with E-state index in [4.69, 9.17) is 9.47 Å². The van der Waals surface area contributed by atoms with Gasteiger partial charge in [-0.1, -0.05) is 6.07 Å². The molecule has 1 amide bonds. The van der Waals surface area contributed by atoms with E-state index < -0.39 is 0 Å². The maximum atomic E-state index is 11.7. The first-order valence-corrected chi connectivity index (χ1v) is 5.97. The first-order chi connectivity index (χ1) is 9.81. The summed E-state index contributed by atoms with van der Waals surface area (Å²) >= 11 is 0. The zero-order valence-electron chi connectivity index (χ0n) is 10.4. The number of rotatable bonds is 3. The van der Waals surface area contributed by atoms with Crippen LogP contribution in [0, 0.1) is 0 Å². The topological polar surface area (TPSA) is 73.3 Å². The Hall–Kier alpha value is -2.89. The number of carbonyl (C=O) groups is 1. The first-order valence-electron chi connectivity index (χ1n) is 5.97. The quantitative estimate of drug-likeness (QED) is 0.861. The highest BCUT2D eigenvalue weighted by Crippen LogP contribution is 2.32. The molecule has 1 aromatic carbocycles. The zero-order valence-corrected chi connectivity index (χ0v) is 10.4. The number of hydrogen-bond acceptors (Lipinski definition) is 5. The van der Waals surface area contributed by atoms with Crippen molar-refractivity contribution in [2.24, 2.45) is 0 Å². The van der Waals surface area contributed by atoms with Crippen LogP contribution < -0.4 is 14.8 Å². The molecule has 0 unspecified atom stereocenters. The fraction of sp³-hybridized carbons (Fsp3) is 0.0714. The highest BCUT2D eigenvalue weighted by atomic mass is 16.7. The van der Waals surface area contributed by atoms with Gasteiger partial charge in [0, 0.05) is 18.5 Å². The van der Waals surface area contributed by atoms with E-state index in [0.29, 0.717) is 11.5 Å². The number of aromatic nitrogens is 2. The Balaban J connectivity index is 1.66. The second-order valence-corrected chi connectivity index (χ2v) is 4.01. The van der Waals surface area contributed by atoms with Crippen molar-refractivity contribution in [1.82, 2.24) is 9.97 Å². The fourth-order valence-electron chi connectivity index (χ4n) is 1.70. The monoisotopic (exact) mass is 269 g/mol. The van der Waals surface area contributed by atoms with E-state index in [9.17, 15) is 4.79 Å². The van der Waals surface area contributed by atoms with Crippen molar-refractivity contribution in [3.63, 3.8) is 0 Å². The molecule has 1 aliphatic rings. The van der Waals surface area contributed by atoms with Gasteiger partial charge in [0.15, 0.2) is 11.5 Å². The van der Waals surface area contributed by atoms with Crippen LogP contribution in [0.25, 0.3) is 6.08 Å². The van der Waals surface area contributed by atoms with Crippen LogP contribution in [-0.2, 0) is 4.79 Å². The molecule has 6 heteroatoms. The smallest absolute Gasteiger partial charge is 0.250 e. The highest BCUT2D eigenvalue weighted by molar-refractivity contribution is 6.00. The van der Waals surface area contributed by atoms with Crippen molar-refractivity contribution in [3.8, 4) is 11.5 Å². The third-order valence-electron chi connectivity index (χ3n) is 2.62. The second-order valence-electron chi connectivity index (χ2n) is 4.01. The lowest BCUT2D eigenvalue weighted by Crippen LogP contribution is -2.10. The maximum Gasteiger partial charge on any atom is 0.250 e. The van der Waals surface area contributed by atoms with Crippen molar-refractivity contribution in [1.29, 1.82) is 0 Å². The Morgan fingerprint density at radius 1 is 1.20 bits per heavy atom. The van der Waals surface area contributed by atoms with E-state index in [2.05, 4.69) is 15.3 Å². The fourth-order valence-corrected chi connectivity index (χ4v) is 1.70. The number of nitrogens with one attached hydrogen (secondary N) is 1. The van der Waals surface area contributed by atoms with Gasteiger partial charge in [0.2, 0.25) is 12.7 Å². The molecular weight excluding hydrogens is 258 g/mol. The normalized spacial score (nSPS) is 12.6. The van der Waals surface area contributed by atoms with Gasteiger partial charge in [0.05, 0.1) is 0 Å². The van der Waals surface area contributed by atoms with Gasteiger partial charge >= 0.3 is 0 Å². The lowest BCUT2D eigenvalue weighted by molar-refractivity contribution is -0.111. The molecule has 0 fully saturated rings. The van der Waals surface area contributed by atoms with Gasteiger partial charge in [-0.25, -0.2) is 9.97 Å². The van der Waals surface area contributed by atoms with E-state index in [1.54, 1.807) is 30.6 Å². The number of anilines is 1. The van der Waals surface area contributed by atoms with Gasteiger partial charge in [-0.3, -0.25) is 10.1 Å². The predicted molar refractivity (Wildman–Crippen MR) is 72.3 cm³/mol. The third-order valence-corrected chi connectivity index (χ3v) is 2.62. The summed E-state index contributed by atoms with van der Waals surface area (Å²) in [6.45, 7) is 0.230. The van der Waals surface area contributed by atoms with Gasteiger partial charge in [-0.2, -0.15) is 0 Å². The van der Waals surface area contributed by atoms with Crippen molar-refractivity contribution in [2.45, 2.75) is 0 Å². The van der Waals surface area contributed by atoms with Crippen LogP contribution in [0.4, 0.5) is 5.95 Å². The molecule has 6 nitrogen and oxygen atoms in total. The molecule has 1 N–H and O–H groups in total. The minimum absolute atomic E-state index is 0.230. The number of ether oxygens (including phenoxy) is 2. The molecule has 2 aromatic rings. The van der Waals surface area contributed by atoms with E-state index in [0.717, 1.165) is 5.56 Å². The Morgan fingerprint density at radius 2 is 2.00 bits per heavy atom. The number of hydrogen-bond donors (Lipinski definition) is 1. The molecular formula is C14H11N3O3. The summed E-state index contributed by atoms with van der Waals surface area (Å²) < 4.78 is 10.5. The molecule has 0 radical (unpaired) electrons. The summed E-state index contributed by atoms with van der Waals surface area (Å²) in [7, 11) is 0. The van der Waals surface area contributed by atoms with Gasteiger partial charge in [0.25, 0.3) is 5.91 Å². The largest absolute Gasteiger partial charge is 0.454 e. The SMILES string of the molecule is O=C(C=Cc1ccc2c(c1)OCO2)Nc1ncccn1. The number of amides is 1. The third kappa shape index (κ3) is 2.74. The van der Waals surface area contributed by atoms with Crippen molar-refractivity contribution in [3.05, 3.63) is 48.3 Å². The van der Waals surface area contributed by atoms with Gasteiger partial charge < -0.3 is 9.47 Å². The summed E-state index contributed by atoms with van der Waals surface area (Å²) in [4.78, 5) is 19.5. The van der Waals surface area contributed by atoms with Crippen LogP contribution in [-0.4, -0.2) is 22.7 Å². The number of fused-ring (bicyclic) bond motifs is 1. The number of nitrogens with zero attached hydrogens (tertiary/aromatic N) is 2. The molecule has 0 spiro atoms. The van der Waals surface area contributed by atoms with E-state index >= 15 is 0 Å². The molecule has 0 bridgehead atoms. The molecule has 1 aromatic heterocycles. The number of benzene rings is 1. The molecule has 0 atom stereocenters.